The molecule has 2 rings (SSSR count). The van der Waals surface area contributed by atoms with Crippen molar-refractivity contribution in [2.24, 2.45) is 0 Å². The molecular weight excluding hydrogens is 231 g/mol. The molecule has 0 aromatic heterocycles. The molecule has 1 saturated heterocycles. The van der Waals surface area contributed by atoms with Crippen LogP contribution in [0.25, 0.3) is 0 Å². The number of phenols is 1. The van der Waals surface area contributed by atoms with E-state index in [1.54, 1.807) is 0 Å². The number of rotatable bonds is 1. The number of phenolic OH excluding ortho intramolecular Hbond substituents is 1. The molecule has 1 fully saturated rings. The minimum Gasteiger partial charge on any atom is -0.508 e. The van der Waals surface area contributed by atoms with E-state index >= 15 is 0 Å². The maximum absolute atomic E-state index is 12.8. The Morgan fingerprint density at radius 2 is 2.00 bits per heavy atom. The van der Waals surface area contributed by atoms with Crippen LogP contribution in [-0.2, 0) is 6.18 Å². The third-order valence-electron chi connectivity index (χ3n) is 3.05. The molecule has 17 heavy (non-hydrogen) atoms. The summed E-state index contributed by atoms with van der Waals surface area (Å²) in [4.78, 5) is 0. The van der Waals surface area contributed by atoms with E-state index in [9.17, 15) is 18.3 Å². The van der Waals surface area contributed by atoms with E-state index in [0.717, 1.165) is 18.9 Å². The van der Waals surface area contributed by atoms with Gasteiger partial charge in [-0.05, 0) is 31.5 Å². The van der Waals surface area contributed by atoms with Crippen LogP contribution in [0.2, 0.25) is 0 Å². The lowest BCUT2D eigenvalue weighted by molar-refractivity contribution is -0.138. The van der Waals surface area contributed by atoms with E-state index in [0.29, 0.717) is 13.0 Å². The highest BCUT2D eigenvalue weighted by Crippen LogP contribution is 2.40. The molecule has 0 amide bonds. The number of aromatic hydroxyl groups is 1. The van der Waals surface area contributed by atoms with E-state index in [1.165, 1.54) is 12.1 Å². The van der Waals surface area contributed by atoms with Gasteiger partial charge in [0.05, 0.1) is 5.56 Å². The molecule has 2 N–H and O–H groups in total. The topological polar surface area (TPSA) is 32.3 Å². The van der Waals surface area contributed by atoms with Crippen LogP contribution in [0.3, 0.4) is 0 Å². The molecule has 1 aliphatic rings. The van der Waals surface area contributed by atoms with Gasteiger partial charge in [-0.25, -0.2) is 0 Å². The summed E-state index contributed by atoms with van der Waals surface area (Å²) >= 11 is 0. The Kier molecular flexibility index (Phi) is 3.28. The molecule has 0 spiro atoms. The zero-order valence-electron chi connectivity index (χ0n) is 9.22. The van der Waals surface area contributed by atoms with Crippen molar-refractivity contribution in [1.82, 2.24) is 5.32 Å². The number of hydrogen-bond donors (Lipinski definition) is 2. The summed E-state index contributed by atoms with van der Waals surface area (Å²) in [7, 11) is 0. The first-order valence-corrected chi connectivity index (χ1v) is 5.62. The molecular formula is C12H14F3NO. The van der Waals surface area contributed by atoms with Gasteiger partial charge in [-0.2, -0.15) is 13.2 Å². The van der Waals surface area contributed by atoms with Crippen LogP contribution >= 0.6 is 0 Å². The molecule has 1 atom stereocenters. The van der Waals surface area contributed by atoms with Gasteiger partial charge in [-0.15, -0.1) is 0 Å². The normalized spacial score (nSPS) is 21.5. The van der Waals surface area contributed by atoms with Gasteiger partial charge in [0.2, 0.25) is 0 Å². The van der Waals surface area contributed by atoms with Gasteiger partial charge in [0.15, 0.2) is 0 Å². The fraction of sp³-hybridized carbons (Fsp3) is 0.500. The van der Waals surface area contributed by atoms with Gasteiger partial charge in [0, 0.05) is 11.6 Å². The molecule has 0 bridgehead atoms. The van der Waals surface area contributed by atoms with Gasteiger partial charge >= 0.3 is 6.18 Å². The van der Waals surface area contributed by atoms with Crippen molar-refractivity contribution in [3.8, 4) is 5.75 Å². The molecule has 0 saturated carbocycles. The lowest BCUT2D eigenvalue weighted by Crippen LogP contribution is -2.28. The second kappa shape index (κ2) is 4.56. The number of nitrogens with one attached hydrogen (secondary N) is 1. The van der Waals surface area contributed by atoms with Crippen molar-refractivity contribution in [2.75, 3.05) is 6.54 Å². The first kappa shape index (κ1) is 12.2. The molecule has 1 heterocycles. The number of benzene rings is 1. The molecule has 0 radical (unpaired) electrons. The van der Waals surface area contributed by atoms with Crippen LogP contribution in [-0.4, -0.2) is 11.7 Å². The van der Waals surface area contributed by atoms with Crippen molar-refractivity contribution < 1.29 is 18.3 Å². The van der Waals surface area contributed by atoms with Crippen molar-refractivity contribution in [3.63, 3.8) is 0 Å². The van der Waals surface area contributed by atoms with Crippen LogP contribution in [0, 0.1) is 0 Å². The molecule has 5 heteroatoms. The number of piperidine rings is 1. The minimum atomic E-state index is -4.42. The van der Waals surface area contributed by atoms with Crippen molar-refractivity contribution in [1.29, 1.82) is 0 Å². The summed E-state index contributed by atoms with van der Waals surface area (Å²) in [6.45, 7) is 0.691. The predicted molar refractivity (Wildman–Crippen MR) is 57.7 cm³/mol. The molecule has 94 valence electrons. The zero-order chi connectivity index (χ0) is 12.5. The molecule has 1 unspecified atom stereocenters. The molecule has 1 aromatic rings. The van der Waals surface area contributed by atoms with E-state index in [1.807, 2.05) is 0 Å². The fourth-order valence-electron chi connectivity index (χ4n) is 2.26. The van der Waals surface area contributed by atoms with E-state index in [2.05, 4.69) is 5.32 Å². The van der Waals surface area contributed by atoms with Crippen molar-refractivity contribution >= 4 is 0 Å². The second-order valence-electron chi connectivity index (χ2n) is 4.24. The van der Waals surface area contributed by atoms with Gasteiger partial charge < -0.3 is 10.4 Å². The molecule has 1 aliphatic heterocycles. The Morgan fingerprint density at radius 3 is 2.59 bits per heavy atom. The van der Waals surface area contributed by atoms with Gasteiger partial charge in [-0.1, -0.05) is 12.5 Å². The van der Waals surface area contributed by atoms with Crippen LogP contribution in [0.1, 0.15) is 36.4 Å². The first-order chi connectivity index (χ1) is 8.00. The van der Waals surface area contributed by atoms with Gasteiger partial charge in [-0.3, -0.25) is 0 Å². The highest BCUT2D eigenvalue weighted by Gasteiger charge is 2.36. The smallest absolute Gasteiger partial charge is 0.416 e. The van der Waals surface area contributed by atoms with Crippen LogP contribution in [0.5, 0.6) is 5.75 Å². The second-order valence-corrected chi connectivity index (χ2v) is 4.24. The Labute approximate surface area is 97.5 Å². The van der Waals surface area contributed by atoms with Gasteiger partial charge in [0.25, 0.3) is 0 Å². The number of hydrogen-bond acceptors (Lipinski definition) is 2. The monoisotopic (exact) mass is 245 g/mol. The Morgan fingerprint density at radius 1 is 1.24 bits per heavy atom. The van der Waals surface area contributed by atoms with Crippen LogP contribution in [0.4, 0.5) is 13.2 Å². The SMILES string of the molecule is Oc1cccc(C(F)(F)F)c1C1CCCCN1. The largest absolute Gasteiger partial charge is 0.508 e. The lowest BCUT2D eigenvalue weighted by Gasteiger charge is -2.27. The number of halogens is 3. The predicted octanol–water partition coefficient (Wildman–Crippen LogP) is 3.23. The summed E-state index contributed by atoms with van der Waals surface area (Å²) in [5.74, 6) is -0.278. The average Bonchev–Trinajstić information content (AvgIpc) is 2.28. The minimum absolute atomic E-state index is 0.0142. The van der Waals surface area contributed by atoms with E-state index < -0.39 is 17.8 Å². The Hall–Kier alpha value is -1.23. The van der Waals surface area contributed by atoms with Crippen molar-refractivity contribution in [3.05, 3.63) is 29.3 Å². The third-order valence-corrected chi connectivity index (χ3v) is 3.05. The summed E-state index contributed by atoms with van der Waals surface area (Å²) < 4.78 is 38.5. The highest BCUT2D eigenvalue weighted by molar-refractivity contribution is 5.43. The van der Waals surface area contributed by atoms with Crippen LogP contribution < -0.4 is 5.32 Å². The summed E-state index contributed by atoms with van der Waals surface area (Å²) in [5.41, 5.74) is -0.753. The average molecular weight is 245 g/mol. The number of alkyl halides is 3. The lowest BCUT2D eigenvalue weighted by atomic mass is 9.92. The maximum atomic E-state index is 12.8. The van der Waals surface area contributed by atoms with Crippen LogP contribution in [0.15, 0.2) is 18.2 Å². The van der Waals surface area contributed by atoms with E-state index in [-0.39, 0.29) is 11.3 Å². The molecule has 1 aromatic carbocycles. The highest BCUT2D eigenvalue weighted by atomic mass is 19.4. The molecule has 0 aliphatic carbocycles. The summed E-state index contributed by atoms with van der Waals surface area (Å²) in [6, 6.07) is 3.15. The molecule has 2 nitrogen and oxygen atoms in total. The standard InChI is InChI=1S/C12H14F3NO/c13-12(14,15)8-4-3-6-10(17)11(8)9-5-1-2-7-16-9/h3-4,6,9,16-17H,1-2,5,7H2. The Balaban J connectivity index is 2.43. The summed E-state index contributed by atoms with van der Waals surface area (Å²) in [5, 5.41) is 12.7. The van der Waals surface area contributed by atoms with Gasteiger partial charge in [0.1, 0.15) is 5.75 Å². The quantitative estimate of drug-likeness (QED) is 0.796. The zero-order valence-corrected chi connectivity index (χ0v) is 9.22. The first-order valence-electron chi connectivity index (χ1n) is 5.62. The third kappa shape index (κ3) is 2.54. The fourth-order valence-corrected chi connectivity index (χ4v) is 2.26. The van der Waals surface area contributed by atoms with Crippen molar-refractivity contribution in [2.45, 2.75) is 31.5 Å². The Bertz CT molecular complexity index is 397. The maximum Gasteiger partial charge on any atom is 0.416 e. The summed E-state index contributed by atoms with van der Waals surface area (Å²) in [6.07, 6.45) is -1.96. The van der Waals surface area contributed by atoms with E-state index in [4.69, 9.17) is 0 Å².